The molecular weight excluding hydrogens is 252 g/mol. The van der Waals surface area contributed by atoms with Gasteiger partial charge in [0.25, 0.3) is 0 Å². The van der Waals surface area contributed by atoms with Gasteiger partial charge >= 0.3 is 0 Å². The largest absolute Gasteiger partial charge is 0.481 e. The molecule has 2 rings (SSSR count). The summed E-state index contributed by atoms with van der Waals surface area (Å²) in [5.41, 5.74) is 1.05. The average molecular weight is 270 g/mol. The number of aromatic nitrogens is 1. The van der Waals surface area contributed by atoms with Crippen LogP contribution < -0.4 is 10.1 Å². The minimum absolute atomic E-state index is 0.0583. The predicted molar refractivity (Wildman–Crippen MR) is 69.3 cm³/mol. The molecule has 1 aromatic heterocycles. The Morgan fingerprint density at radius 2 is 2.39 bits per heavy atom. The van der Waals surface area contributed by atoms with Gasteiger partial charge < -0.3 is 10.1 Å². The van der Waals surface area contributed by atoms with E-state index < -0.39 is 9.84 Å². The van der Waals surface area contributed by atoms with Gasteiger partial charge in [-0.1, -0.05) is 0 Å². The first-order valence-electron chi connectivity index (χ1n) is 6.02. The van der Waals surface area contributed by atoms with Crippen molar-refractivity contribution in [3.8, 4) is 5.88 Å². The van der Waals surface area contributed by atoms with Gasteiger partial charge in [-0.3, -0.25) is 0 Å². The molecular formula is C12H18N2O3S. The summed E-state index contributed by atoms with van der Waals surface area (Å²) in [4.78, 5) is 4.03. The van der Waals surface area contributed by atoms with Gasteiger partial charge in [-0.25, -0.2) is 13.4 Å². The van der Waals surface area contributed by atoms with E-state index >= 15 is 0 Å². The number of sulfone groups is 1. The van der Waals surface area contributed by atoms with Gasteiger partial charge in [0.2, 0.25) is 5.88 Å². The molecule has 1 atom stereocenters. The lowest BCUT2D eigenvalue weighted by Crippen LogP contribution is -2.39. The van der Waals surface area contributed by atoms with Crippen LogP contribution in [0, 0.1) is 0 Å². The summed E-state index contributed by atoms with van der Waals surface area (Å²) in [7, 11) is -1.27. The first-order valence-corrected chi connectivity index (χ1v) is 7.84. The molecule has 100 valence electrons. The number of nitrogens with zero attached hydrogens (tertiary/aromatic N) is 1. The Labute approximate surface area is 107 Å². The predicted octanol–water partition coefficient (Wildman–Crippen LogP) is 0.757. The average Bonchev–Trinajstić information content (AvgIpc) is 2.35. The molecule has 6 heteroatoms. The maximum Gasteiger partial charge on any atom is 0.213 e. The van der Waals surface area contributed by atoms with Crippen molar-refractivity contribution in [2.24, 2.45) is 0 Å². The molecule has 0 spiro atoms. The summed E-state index contributed by atoms with van der Waals surface area (Å²) < 4.78 is 28.1. The van der Waals surface area contributed by atoms with E-state index in [2.05, 4.69) is 10.3 Å². The summed E-state index contributed by atoms with van der Waals surface area (Å²) in [6.45, 7) is 0.638. The Morgan fingerprint density at radius 3 is 3.11 bits per heavy atom. The number of methoxy groups -OCH3 is 1. The summed E-state index contributed by atoms with van der Waals surface area (Å²) in [5.74, 6) is 1.15. The topological polar surface area (TPSA) is 68.3 Å². The van der Waals surface area contributed by atoms with Crippen LogP contribution >= 0.6 is 0 Å². The Bertz CT molecular complexity index is 502. The quantitative estimate of drug-likeness (QED) is 0.874. The van der Waals surface area contributed by atoms with Crippen molar-refractivity contribution >= 4 is 9.84 Å². The SMILES string of the molecule is COc1cc(CNC2CCCS(=O)(=O)C2)ccn1. The van der Waals surface area contributed by atoms with Crippen molar-refractivity contribution < 1.29 is 13.2 Å². The lowest BCUT2D eigenvalue weighted by Gasteiger charge is -2.23. The molecule has 2 heterocycles. The molecule has 0 radical (unpaired) electrons. The van der Waals surface area contributed by atoms with E-state index in [1.165, 1.54) is 0 Å². The maximum atomic E-state index is 11.5. The molecule has 1 aliphatic heterocycles. The van der Waals surface area contributed by atoms with E-state index in [4.69, 9.17) is 4.74 Å². The third-order valence-corrected chi connectivity index (χ3v) is 4.89. The fraction of sp³-hybridized carbons (Fsp3) is 0.583. The van der Waals surface area contributed by atoms with E-state index in [0.29, 0.717) is 18.2 Å². The lowest BCUT2D eigenvalue weighted by atomic mass is 10.1. The van der Waals surface area contributed by atoms with Crippen LogP contribution in [0.3, 0.4) is 0 Å². The second kappa shape index (κ2) is 5.67. The standard InChI is InChI=1S/C12H18N2O3S/c1-17-12-7-10(4-5-13-12)8-14-11-3-2-6-18(15,16)9-11/h4-5,7,11,14H,2-3,6,8-9H2,1H3. The van der Waals surface area contributed by atoms with E-state index in [-0.39, 0.29) is 11.8 Å². The summed E-state index contributed by atoms with van der Waals surface area (Å²) in [6.07, 6.45) is 3.36. The Hall–Kier alpha value is -1.14. The van der Waals surface area contributed by atoms with E-state index in [1.807, 2.05) is 12.1 Å². The maximum absolute atomic E-state index is 11.5. The van der Waals surface area contributed by atoms with Gasteiger partial charge in [0.05, 0.1) is 18.6 Å². The van der Waals surface area contributed by atoms with Crippen LogP contribution in [0.1, 0.15) is 18.4 Å². The smallest absolute Gasteiger partial charge is 0.213 e. The van der Waals surface area contributed by atoms with Crippen molar-refractivity contribution in [3.63, 3.8) is 0 Å². The van der Waals surface area contributed by atoms with Crippen LogP contribution in [0.2, 0.25) is 0 Å². The molecule has 0 saturated carbocycles. The molecule has 1 aromatic rings. The van der Waals surface area contributed by atoms with Gasteiger partial charge in [0, 0.05) is 24.8 Å². The van der Waals surface area contributed by atoms with Gasteiger partial charge in [0.1, 0.15) is 0 Å². The fourth-order valence-electron chi connectivity index (χ4n) is 2.12. The zero-order valence-corrected chi connectivity index (χ0v) is 11.2. The van der Waals surface area contributed by atoms with Gasteiger partial charge in [-0.05, 0) is 24.5 Å². The van der Waals surface area contributed by atoms with Crippen LogP contribution in [-0.4, -0.2) is 38.1 Å². The molecule has 18 heavy (non-hydrogen) atoms. The summed E-state index contributed by atoms with van der Waals surface area (Å²) in [5, 5.41) is 3.28. The fourth-order valence-corrected chi connectivity index (χ4v) is 3.79. The van der Waals surface area contributed by atoms with Crippen LogP contribution in [0.4, 0.5) is 0 Å². The van der Waals surface area contributed by atoms with Gasteiger partial charge in [-0.15, -0.1) is 0 Å². The summed E-state index contributed by atoms with van der Waals surface area (Å²) in [6, 6.07) is 3.81. The number of hydrogen-bond donors (Lipinski definition) is 1. The van der Waals surface area contributed by atoms with Crippen LogP contribution in [0.15, 0.2) is 18.3 Å². The number of pyridine rings is 1. The third-order valence-electron chi connectivity index (χ3n) is 3.07. The molecule has 5 nitrogen and oxygen atoms in total. The number of hydrogen-bond acceptors (Lipinski definition) is 5. The Kier molecular flexibility index (Phi) is 4.19. The molecule has 0 bridgehead atoms. The monoisotopic (exact) mass is 270 g/mol. The summed E-state index contributed by atoms with van der Waals surface area (Å²) >= 11 is 0. The highest BCUT2D eigenvalue weighted by molar-refractivity contribution is 7.91. The second-order valence-electron chi connectivity index (χ2n) is 4.54. The molecule has 1 N–H and O–H groups in total. The molecule has 1 aliphatic rings. The molecule has 1 saturated heterocycles. The minimum Gasteiger partial charge on any atom is -0.481 e. The number of ether oxygens (including phenoxy) is 1. The first-order chi connectivity index (χ1) is 8.59. The highest BCUT2D eigenvalue weighted by Crippen LogP contribution is 2.13. The van der Waals surface area contributed by atoms with Crippen molar-refractivity contribution in [3.05, 3.63) is 23.9 Å². The highest BCUT2D eigenvalue weighted by atomic mass is 32.2. The van der Waals surface area contributed by atoms with Crippen molar-refractivity contribution in [1.29, 1.82) is 0 Å². The zero-order valence-electron chi connectivity index (χ0n) is 10.4. The molecule has 1 unspecified atom stereocenters. The third kappa shape index (κ3) is 3.68. The van der Waals surface area contributed by atoms with Crippen LogP contribution in [0.25, 0.3) is 0 Å². The second-order valence-corrected chi connectivity index (χ2v) is 6.77. The van der Waals surface area contributed by atoms with Crippen molar-refractivity contribution in [2.75, 3.05) is 18.6 Å². The van der Waals surface area contributed by atoms with Gasteiger partial charge in [0.15, 0.2) is 9.84 Å². The zero-order chi connectivity index (χ0) is 13.0. The number of rotatable bonds is 4. The number of nitrogens with one attached hydrogen (secondary N) is 1. The normalized spacial score (nSPS) is 22.6. The Balaban J connectivity index is 1.91. The van der Waals surface area contributed by atoms with Crippen LogP contribution in [0.5, 0.6) is 5.88 Å². The lowest BCUT2D eigenvalue weighted by molar-refractivity contribution is 0.396. The molecule has 0 amide bonds. The molecule has 1 fully saturated rings. The van der Waals surface area contributed by atoms with Crippen molar-refractivity contribution in [1.82, 2.24) is 10.3 Å². The van der Waals surface area contributed by atoms with Crippen LogP contribution in [-0.2, 0) is 16.4 Å². The van der Waals surface area contributed by atoms with E-state index in [1.54, 1.807) is 13.3 Å². The van der Waals surface area contributed by atoms with E-state index in [9.17, 15) is 8.42 Å². The van der Waals surface area contributed by atoms with E-state index in [0.717, 1.165) is 18.4 Å². The molecule has 0 aliphatic carbocycles. The first kappa shape index (κ1) is 13.3. The highest BCUT2D eigenvalue weighted by Gasteiger charge is 2.24. The Morgan fingerprint density at radius 1 is 1.56 bits per heavy atom. The molecule has 0 aromatic carbocycles. The minimum atomic E-state index is -2.85. The van der Waals surface area contributed by atoms with Gasteiger partial charge in [-0.2, -0.15) is 0 Å². The van der Waals surface area contributed by atoms with Crippen molar-refractivity contribution in [2.45, 2.75) is 25.4 Å².